The van der Waals surface area contributed by atoms with Gasteiger partial charge in [-0.3, -0.25) is 4.79 Å². The maximum Gasteiger partial charge on any atom is 0.239 e. The highest BCUT2D eigenvalue weighted by Crippen LogP contribution is 2.10. The number of hydrogen-bond acceptors (Lipinski definition) is 2. The Hall–Kier alpha value is -0.830. The summed E-state index contributed by atoms with van der Waals surface area (Å²) in [5, 5.41) is 3.37. The molecule has 0 aromatic carbocycles. The van der Waals surface area contributed by atoms with Crippen molar-refractivity contribution in [2.45, 2.75) is 58.0 Å². The first-order chi connectivity index (χ1) is 8.15. The fourth-order valence-electron chi connectivity index (χ4n) is 2.34. The molecule has 0 spiro atoms. The van der Waals surface area contributed by atoms with E-state index in [9.17, 15) is 4.79 Å². The van der Waals surface area contributed by atoms with Gasteiger partial charge in [0.2, 0.25) is 5.91 Å². The van der Waals surface area contributed by atoms with Crippen LogP contribution in [0.25, 0.3) is 0 Å². The molecule has 98 valence electrons. The summed E-state index contributed by atoms with van der Waals surface area (Å²) in [6.07, 6.45) is 7.55. The Morgan fingerprint density at radius 1 is 1.35 bits per heavy atom. The Labute approximate surface area is 105 Å². The maximum absolute atomic E-state index is 12.2. The van der Waals surface area contributed by atoms with Crippen LogP contribution in [0.4, 0.5) is 0 Å². The van der Waals surface area contributed by atoms with E-state index in [2.05, 4.69) is 18.8 Å². The first-order valence-corrected chi connectivity index (χ1v) is 6.81. The molecule has 3 nitrogen and oxygen atoms in total. The summed E-state index contributed by atoms with van der Waals surface area (Å²) in [7, 11) is 0. The third kappa shape index (κ3) is 4.90. The SMILES string of the molecule is C=CCCC(C)NC(C)C(=O)N1CCCCC1. The normalized spacial score (nSPS) is 19.8. The molecule has 17 heavy (non-hydrogen) atoms. The average molecular weight is 238 g/mol. The van der Waals surface area contributed by atoms with Crippen LogP contribution in [0.3, 0.4) is 0 Å². The summed E-state index contributed by atoms with van der Waals surface area (Å²) in [4.78, 5) is 14.2. The number of amides is 1. The maximum atomic E-state index is 12.2. The number of piperidine rings is 1. The standard InChI is InChI=1S/C14H26N2O/c1-4-5-9-12(2)15-13(3)14(17)16-10-7-6-8-11-16/h4,12-13,15H,1,5-11H2,2-3H3. The van der Waals surface area contributed by atoms with Gasteiger partial charge in [0.25, 0.3) is 0 Å². The number of rotatable bonds is 6. The predicted octanol–water partition coefficient (Wildman–Crippen LogP) is 2.33. The minimum Gasteiger partial charge on any atom is -0.341 e. The number of allylic oxidation sites excluding steroid dienone is 1. The van der Waals surface area contributed by atoms with Gasteiger partial charge in [0, 0.05) is 19.1 Å². The van der Waals surface area contributed by atoms with E-state index in [4.69, 9.17) is 0 Å². The molecular weight excluding hydrogens is 212 g/mol. The largest absolute Gasteiger partial charge is 0.341 e. The van der Waals surface area contributed by atoms with Crippen LogP contribution in [0.1, 0.15) is 46.0 Å². The van der Waals surface area contributed by atoms with Gasteiger partial charge >= 0.3 is 0 Å². The van der Waals surface area contributed by atoms with Crippen molar-refractivity contribution in [2.24, 2.45) is 0 Å². The van der Waals surface area contributed by atoms with Crippen molar-refractivity contribution in [1.82, 2.24) is 10.2 Å². The second-order valence-corrected chi connectivity index (χ2v) is 5.04. The molecule has 0 saturated carbocycles. The third-order valence-corrected chi connectivity index (χ3v) is 3.38. The van der Waals surface area contributed by atoms with E-state index in [-0.39, 0.29) is 11.9 Å². The molecule has 0 aliphatic carbocycles. The lowest BCUT2D eigenvalue weighted by molar-refractivity contribution is -0.134. The molecule has 1 heterocycles. The van der Waals surface area contributed by atoms with Crippen LogP contribution in [-0.2, 0) is 4.79 Å². The predicted molar refractivity (Wildman–Crippen MR) is 71.9 cm³/mol. The fourth-order valence-corrected chi connectivity index (χ4v) is 2.34. The number of hydrogen-bond donors (Lipinski definition) is 1. The molecule has 2 atom stereocenters. The Balaban J connectivity index is 2.32. The van der Waals surface area contributed by atoms with Gasteiger partial charge in [0.15, 0.2) is 0 Å². The van der Waals surface area contributed by atoms with Crippen LogP contribution in [0, 0.1) is 0 Å². The van der Waals surface area contributed by atoms with Crippen molar-refractivity contribution in [1.29, 1.82) is 0 Å². The molecule has 2 unspecified atom stereocenters. The minimum absolute atomic E-state index is 0.0621. The second kappa shape index (κ2) is 7.49. The molecule has 1 fully saturated rings. The Bertz CT molecular complexity index is 247. The molecule has 0 radical (unpaired) electrons. The van der Waals surface area contributed by atoms with Gasteiger partial charge in [0.05, 0.1) is 6.04 Å². The molecule has 1 saturated heterocycles. The quantitative estimate of drug-likeness (QED) is 0.720. The van der Waals surface area contributed by atoms with Crippen molar-refractivity contribution in [3.05, 3.63) is 12.7 Å². The van der Waals surface area contributed by atoms with E-state index < -0.39 is 0 Å². The summed E-state index contributed by atoms with van der Waals surface area (Å²) in [6.45, 7) is 9.69. The Kier molecular flexibility index (Phi) is 6.27. The minimum atomic E-state index is -0.0621. The lowest BCUT2D eigenvalue weighted by Crippen LogP contribution is -2.49. The van der Waals surface area contributed by atoms with Crippen LogP contribution in [0.2, 0.25) is 0 Å². The summed E-state index contributed by atoms with van der Waals surface area (Å²) in [6, 6.07) is 0.310. The van der Waals surface area contributed by atoms with Gasteiger partial charge in [-0.2, -0.15) is 0 Å². The van der Waals surface area contributed by atoms with Crippen molar-refractivity contribution in [2.75, 3.05) is 13.1 Å². The van der Waals surface area contributed by atoms with Gasteiger partial charge < -0.3 is 10.2 Å². The van der Waals surface area contributed by atoms with E-state index in [1.54, 1.807) is 0 Å². The fraction of sp³-hybridized carbons (Fsp3) is 0.786. The van der Waals surface area contributed by atoms with Gasteiger partial charge in [-0.25, -0.2) is 0 Å². The number of likely N-dealkylation sites (tertiary alicyclic amines) is 1. The van der Waals surface area contributed by atoms with Crippen LogP contribution in [-0.4, -0.2) is 36.0 Å². The summed E-state index contributed by atoms with van der Waals surface area (Å²) in [5.74, 6) is 0.259. The van der Waals surface area contributed by atoms with Crippen molar-refractivity contribution in [3.8, 4) is 0 Å². The molecule has 0 aromatic heterocycles. The van der Waals surface area contributed by atoms with Crippen molar-refractivity contribution >= 4 is 5.91 Å². The van der Waals surface area contributed by atoms with E-state index in [0.29, 0.717) is 6.04 Å². The molecule has 1 aliphatic heterocycles. The first kappa shape index (κ1) is 14.2. The Morgan fingerprint density at radius 3 is 2.59 bits per heavy atom. The zero-order valence-electron chi connectivity index (χ0n) is 11.2. The van der Waals surface area contributed by atoms with Crippen LogP contribution < -0.4 is 5.32 Å². The van der Waals surface area contributed by atoms with Crippen LogP contribution >= 0.6 is 0 Å². The zero-order valence-corrected chi connectivity index (χ0v) is 11.2. The van der Waals surface area contributed by atoms with Gasteiger partial charge in [-0.15, -0.1) is 6.58 Å². The topological polar surface area (TPSA) is 32.3 Å². The molecule has 1 aliphatic rings. The number of nitrogens with one attached hydrogen (secondary N) is 1. The zero-order chi connectivity index (χ0) is 12.7. The molecule has 1 rings (SSSR count). The second-order valence-electron chi connectivity index (χ2n) is 5.04. The highest BCUT2D eigenvalue weighted by molar-refractivity contribution is 5.81. The summed E-state index contributed by atoms with van der Waals surface area (Å²) >= 11 is 0. The lowest BCUT2D eigenvalue weighted by Gasteiger charge is -2.30. The number of carbonyl (C=O) groups excluding carboxylic acids is 1. The molecular formula is C14H26N2O. The highest BCUT2D eigenvalue weighted by Gasteiger charge is 2.22. The van der Waals surface area contributed by atoms with E-state index in [0.717, 1.165) is 38.8 Å². The van der Waals surface area contributed by atoms with E-state index in [1.807, 2.05) is 17.9 Å². The van der Waals surface area contributed by atoms with Gasteiger partial charge in [0.1, 0.15) is 0 Å². The first-order valence-electron chi connectivity index (χ1n) is 6.81. The summed E-state index contributed by atoms with van der Waals surface area (Å²) in [5.41, 5.74) is 0. The number of carbonyl (C=O) groups is 1. The van der Waals surface area contributed by atoms with Gasteiger partial charge in [-0.1, -0.05) is 6.08 Å². The van der Waals surface area contributed by atoms with E-state index >= 15 is 0 Å². The van der Waals surface area contributed by atoms with Gasteiger partial charge in [-0.05, 0) is 46.0 Å². The molecule has 1 amide bonds. The third-order valence-electron chi connectivity index (χ3n) is 3.38. The van der Waals surface area contributed by atoms with Crippen LogP contribution in [0.5, 0.6) is 0 Å². The molecule has 3 heteroatoms. The number of nitrogens with zero attached hydrogens (tertiary/aromatic N) is 1. The van der Waals surface area contributed by atoms with Crippen LogP contribution in [0.15, 0.2) is 12.7 Å². The summed E-state index contributed by atoms with van der Waals surface area (Å²) < 4.78 is 0. The Morgan fingerprint density at radius 2 is 2.00 bits per heavy atom. The smallest absolute Gasteiger partial charge is 0.239 e. The van der Waals surface area contributed by atoms with Crippen molar-refractivity contribution < 1.29 is 4.79 Å². The van der Waals surface area contributed by atoms with Crippen molar-refractivity contribution in [3.63, 3.8) is 0 Å². The van der Waals surface area contributed by atoms with E-state index in [1.165, 1.54) is 6.42 Å². The molecule has 0 bridgehead atoms. The lowest BCUT2D eigenvalue weighted by atomic mass is 10.1. The monoisotopic (exact) mass is 238 g/mol. The highest BCUT2D eigenvalue weighted by atomic mass is 16.2. The molecule has 1 N–H and O–H groups in total. The molecule has 0 aromatic rings. The average Bonchev–Trinajstić information content (AvgIpc) is 2.36.